The summed E-state index contributed by atoms with van der Waals surface area (Å²) in [5, 5.41) is 0.638. The molecule has 2 aromatic rings. The highest BCUT2D eigenvalue weighted by atomic mass is 32.2. The molecule has 1 aliphatic rings. The van der Waals surface area contributed by atoms with E-state index in [2.05, 4.69) is 41.5 Å². The van der Waals surface area contributed by atoms with Crippen LogP contribution in [0.3, 0.4) is 0 Å². The van der Waals surface area contributed by atoms with Gasteiger partial charge in [0.25, 0.3) is 0 Å². The van der Waals surface area contributed by atoms with E-state index in [9.17, 15) is 0 Å². The van der Waals surface area contributed by atoms with Crippen LogP contribution in [0.4, 0.5) is 5.82 Å². The molecule has 0 saturated carbocycles. The summed E-state index contributed by atoms with van der Waals surface area (Å²) in [5.41, 5.74) is 8.07. The molecule has 2 aromatic heterocycles. The number of anilines is 1. The van der Waals surface area contributed by atoms with E-state index in [1.54, 1.807) is 0 Å². The molecule has 20 heavy (non-hydrogen) atoms. The maximum Gasteiger partial charge on any atom is 0.151 e. The maximum atomic E-state index is 5.81. The lowest BCUT2D eigenvalue weighted by Crippen LogP contribution is -2.45. The average molecular weight is 290 g/mol. The van der Waals surface area contributed by atoms with Crippen molar-refractivity contribution in [3.63, 3.8) is 0 Å². The number of imidazole rings is 1. The van der Waals surface area contributed by atoms with E-state index >= 15 is 0 Å². The van der Waals surface area contributed by atoms with E-state index in [1.807, 2.05) is 17.8 Å². The Kier molecular flexibility index (Phi) is 3.89. The van der Waals surface area contributed by atoms with E-state index in [0.717, 1.165) is 24.4 Å². The summed E-state index contributed by atoms with van der Waals surface area (Å²) in [7, 11) is 0. The third-order valence-corrected chi connectivity index (χ3v) is 5.48. The molecule has 0 amide bonds. The Morgan fingerprint density at radius 2 is 2.25 bits per heavy atom. The van der Waals surface area contributed by atoms with E-state index in [1.165, 1.54) is 11.4 Å². The van der Waals surface area contributed by atoms with E-state index in [4.69, 9.17) is 10.7 Å². The topological polar surface area (TPSA) is 46.6 Å². The van der Waals surface area contributed by atoms with Crippen molar-refractivity contribution in [1.82, 2.24) is 9.38 Å². The molecule has 1 saturated heterocycles. The highest BCUT2D eigenvalue weighted by Gasteiger charge is 2.29. The van der Waals surface area contributed by atoms with Gasteiger partial charge in [-0.3, -0.25) is 0 Å². The molecule has 5 heteroatoms. The number of nitrogens with two attached hydrogens (primary N) is 1. The van der Waals surface area contributed by atoms with Gasteiger partial charge < -0.3 is 15.0 Å². The Labute approximate surface area is 124 Å². The smallest absolute Gasteiger partial charge is 0.151 e. The summed E-state index contributed by atoms with van der Waals surface area (Å²) in [5.74, 6) is 2.29. The Morgan fingerprint density at radius 3 is 3.05 bits per heavy atom. The van der Waals surface area contributed by atoms with Crippen molar-refractivity contribution in [2.24, 2.45) is 5.73 Å². The molecule has 2 N–H and O–H groups in total. The first-order chi connectivity index (χ1) is 9.72. The molecule has 0 aliphatic carbocycles. The minimum Gasteiger partial charge on any atom is -0.350 e. The van der Waals surface area contributed by atoms with Crippen LogP contribution in [0.2, 0.25) is 0 Å². The molecule has 0 spiro atoms. The molecule has 1 aliphatic heterocycles. The summed E-state index contributed by atoms with van der Waals surface area (Å²) >= 11 is 2.05. The molecule has 4 nitrogen and oxygen atoms in total. The van der Waals surface area contributed by atoms with Gasteiger partial charge in [-0.1, -0.05) is 13.0 Å². The van der Waals surface area contributed by atoms with Crippen molar-refractivity contribution < 1.29 is 0 Å². The summed E-state index contributed by atoms with van der Waals surface area (Å²) < 4.78 is 2.18. The molecule has 0 radical (unpaired) electrons. The summed E-state index contributed by atoms with van der Waals surface area (Å²) in [6.45, 7) is 6.33. The molecule has 2 unspecified atom stereocenters. The van der Waals surface area contributed by atoms with Gasteiger partial charge in [0.15, 0.2) is 5.82 Å². The van der Waals surface area contributed by atoms with Gasteiger partial charge in [0, 0.05) is 36.2 Å². The highest BCUT2D eigenvalue weighted by molar-refractivity contribution is 8.00. The standard InChI is InChI=1S/C15H22N4S/c1-11-12(2)20-10-9-18(11)15-13(6-7-16)19-8-4-3-5-14(19)17-15/h3-5,8,11-12H,6-7,9-10,16H2,1-2H3. The number of pyridine rings is 1. The molecule has 108 valence electrons. The van der Waals surface area contributed by atoms with Gasteiger partial charge in [0.1, 0.15) is 5.65 Å². The van der Waals surface area contributed by atoms with Crippen LogP contribution >= 0.6 is 11.8 Å². The normalized spacial score (nSPS) is 23.4. The van der Waals surface area contributed by atoms with Crippen molar-refractivity contribution in [3.05, 3.63) is 30.1 Å². The van der Waals surface area contributed by atoms with E-state index in [-0.39, 0.29) is 0 Å². The third kappa shape index (κ3) is 2.29. The lowest BCUT2D eigenvalue weighted by Gasteiger charge is -2.38. The van der Waals surface area contributed by atoms with Gasteiger partial charge in [-0.25, -0.2) is 4.98 Å². The van der Waals surface area contributed by atoms with E-state index < -0.39 is 0 Å². The predicted molar refractivity (Wildman–Crippen MR) is 86.7 cm³/mol. The first-order valence-electron chi connectivity index (χ1n) is 7.26. The second-order valence-corrected chi connectivity index (χ2v) is 6.84. The van der Waals surface area contributed by atoms with Crippen LogP contribution in [-0.2, 0) is 6.42 Å². The number of rotatable bonds is 3. The second kappa shape index (κ2) is 5.66. The zero-order valence-corrected chi connectivity index (χ0v) is 12.9. The van der Waals surface area contributed by atoms with Crippen molar-refractivity contribution in [3.8, 4) is 0 Å². The van der Waals surface area contributed by atoms with Crippen LogP contribution in [0.5, 0.6) is 0 Å². The molecular weight excluding hydrogens is 268 g/mol. The van der Waals surface area contributed by atoms with Gasteiger partial charge in [0.2, 0.25) is 0 Å². The highest BCUT2D eigenvalue weighted by Crippen LogP contribution is 2.31. The number of thioether (sulfide) groups is 1. The lowest BCUT2D eigenvalue weighted by molar-refractivity contribution is 0.618. The minimum absolute atomic E-state index is 0.509. The minimum atomic E-state index is 0.509. The monoisotopic (exact) mass is 290 g/mol. The van der Waals surface area contributed by atoms with Crippen LogP contribution in [0.15, 0.2) is 24.4 Å². The van der Waals surface area contributed by atoms with E-state index in [0.29, 0.717) is 17.8 Å². The van der Waals surface area contributed by atoms with Crippen LogP contribution in [0.1, 0.15) is 19.5 Å². The lowest BCUT2D eigenvalue weighted by atomic mass is 10.2. The number of fused-ring (bicyclic) bond motifs is 1. The van der Waals surface area contributed by atoms with Crippen LogP contribution in [-0.4, -0.2) is 39.5 Å². The molecule has 1 fully saturated rings. The van der Waals surface area contributed by atoms with Crippen molar-refractivity contribution in [2.75, 3.05) is 23.7 Å². The van der Waals surface area contributed by atoms with Gasteiger partial charge in [-0.2, -0.15) is 11.8 Å². The van der Waals surface area contributed by atoms with Crippen LogP contribution in [0.25, 0.3) is 5.65 Å². The Bertz CT molecular complexity index is 595. The predicted octanol–water partition coefficient (Wildman–Crippen LogP) is 2.17. The van der Waals surface area contributed by atoms with Gasteiger partial charge >= 0.3 is 0 Å². The van der Waals surface area contributed by atoms with Crippen LogP contribution in [0, 0.1) is 0 Å². The Balaban J connectivity index is 2.07. The van der Waals surface area contributed by atoms with Gasteiger partial charge in [0.05, 0.1) is 5.69 Å². The molecule has 0 bridgehead atoms. The van der Waals surface area contributed by atoms with Crippen molar-refractivity contribution in [1.29, 1.82) is 0 Å². The van der Waals surface area contributed by atoms with Crippen LogP contribution < -0.4 is 10.6 Å². The Hall–Kier alpha value is -1.20. The van der Waals surface area contributed by atoms with Gasteiger partial charge in [-0.15, -0.1) is 0 Å². The molecule has 3 heterocycles. The summed E-state index contributed by atoms with van der Waals surface area (Å²) in [6, 6.07) is 6.67. The fourth-order valence-electron chi connectivity index (χ4n) is 2.87. The summed E-state index contributed by atoms with van der Waals surface area (Å²) in [6.07, 6.45) is 2.95. The average Bonchev–Trinajstić information content (AvgIpc) is 2.81. The number of hydrogen-bond acceptors (Lipinski definition) is 4. The number of nitrogens with zero attached hydrogens (tertiary/aromatic N) is 3. The largest absolute Gasteiger partial charge is 0.350 e. The fraction of sp³-hybridized carbons (Fsp3) is 0.533. The molecule has 2 atom stereocenters. The first kappa shape index (κ1) is 13.8. The quantitative estimate of drug-likeness (QED) is 0.941. The molecule has 3 rings (SSSR count). The molecule has 0 aromatic carbocycles. The second-order valence-electron chi connectivity index (χ2n) is 5.36. The first-order valence-corrected chi connectivity index (χ1v) is 8.31. The Morgan fingerprint density at radius 1 is 1.40 bits per heavy atom. The molecular formula is C15H22N4S. The number of hydrogen-bond donors (Lipinski definition) is 1. The fourth-order valence-corrected chi connectivity index (χ4v) is 3.96. The maximum absolute atomic E-state index is 5.81. The zero-order valence-electron chi connectivity index (χ0n) is 12.1. The van der Waals surface area contributed by atoms with Crippen molar-refractivity contribution in [2.45, 2.75) is 31.6 Å². The van der Waals surface area contributed by atoms with Gasteiger partial charge in [-0.05, 0) is 25.6 Å². The third-order valence-electron chi connectivity index (χ3n) is 4.14. The SMILES string of the molecule is CC1SCCN(c2nc3ccccn3c2CCN)C1C. The van der Waals surface area contributed by atoms with Crippen molar-refractivity contribution >= 4 is 23.2 Å². The number of aromatic nitrogens is 2. The summed E-state index contributed by atoms with van der Waals surface area (Å²) in [4.78, 5) is 7.32. The zero-order chi connectivity index (χ0) is 14.1.